The summed E-state index contributed by atoms with van der Waals surface area (Å²) in [5, 5.41) is 0. The number of hydrogen-bond donors (Lipinski definition) is 0. The lowest BCUT2D eigenvalue weighted by Crippen LogP contribution is -2.34. The molecule has 0 aromatic carbocycles. The van der Waals surface area contributed by atoms with E-state index in [0.29, 0.717) is 11.8 Å². The van der Waals surface area contributed by atoms with Crippen molar-refractivity contribution in [3.8, 4) is 0 Å². The van der Waals surface area contributed by atoms with Crippen molar-refractivity contribution in [2.24, 2.45) is 5.92 Å². The summed E-state index contributed by atoms with van der Waals surface area (Å²) in [6, 6.07) is 0. The predicted octanol–water partition coefficient (Wildman–Crippen LogP) is 4.24. The zero-order valence-electron chi connectivity index (χ0n) is 12.3. The van der Waals surface area contributed by atoms with Crippen LogP contribution in [0.5, 0.6) is 0 Å². The fourth-order valence-corrected chi connectivity index (χ4v) is 1.97. The molecule has 0 unspecified atom stereocenters. The summed E-state index contributed by atoms with van der Waals surface area (Å²) in [7, 11) is 0. The van der Waals surface area contributed by atoms with Gasteiger partial charge in [-0.15, -0.1) is 0 Å². The van der Waals surface area contributed by atoms with Crippen LogP contribution in [0.25, 0.3) is 0 Å². The van der Waals surface area contributed by atoms with Gasteiger partial charge in [-0.2, -0.15) is 0 Å². The molecule has 0 atom stereocenters. The zero-order valence-corrected chi connectivity index (χ0v) is 12.3. The van der Waals surface area contributed by atoms with Crippen molar-refractivity contribution in [2.75, 3.05) is 13.1 Å². The van der Waals surface area contributed by atoms with Gasteiger partial charge in [0.2, 0.25) is 5.91 Å². The second kappa shape index (κ2) is 10.6. The molecule has 0 rings (SSSR count). The van der Waals surface area contributed by atoms with Crippen LogP contribution in [0.2, 0.25) is 0 Å². The number of nitrogens with zero attached hydrogens (tertiary/aromatic N) is 1. The Morgan fingerprint density at radius 2 is 1.65 bits per heavy atom. The number of carbonyl (C=O) groups excluding carboxylic acids is 1. The molecule has 0 N–H and O–H groups in total. The van der Waals surface area contributed by atoms with E-state index >= 15 is 0 Å². The van der Waals surface area contributed by atoms with Gasteiger partial charge < -0.3 is 4.90 Å². The molecule has 17 heavy (non-hydrogen) atoms. The van der Waals surface area contributed by atoms with Gasteiger partial charge in [0.25, 0.3) is 0 Å². The molecule has 2 nitrogen and oxygen atoms in total. The summed E-state index contributed by atoms with van der Waals surface area (Å²) in [5.74, 6) is 0.934. The standard InChI is InChI=1S/C15H31NO/c1-5-7-9-10-12-16(13-14(3)4)15(17)11-8-6-2/h14H,5-13H2,1-4H3. The average molecular weight is 241 g/mol. The van der Waals surface area contributed by atoms with Gasteiger partial charge in [-0.1, -0.05) is 53.4 Å². The van der Waals surface area contributed by atoms with Gasteiger partial charge in [-0.25, -0.2) is 0 Å². The molecule has 102 valence electrons. The Hall–Kier alpha value is -0.530. The molecule has 0 saturated heterocycles. The van der Waals surface area contributed by atoms with Gasteiger partial charge in [-0.3, -0.25) is 4.79 Å². The summed E-state index contributed by atoms with van der Waals surface area (Å²) in [5.41, 5.74) is 0. The van der Waals surface area contributed by atoms with E-state index < -0.39 is 0 Å². The van der Waals surface area contributed by atoms with E-state index in [4.69, 9.17) is 0 Å². The van der Waals surface area contributed by atoms with Gasteiger partial charge in [0.05, 0.1) is 0 Å². The second-order valence-corrected chi connectivity index (χ2v) is 5.40. The van der Waals surface area contributed by atoms with E-state index in [1.807, 2.05) is 0 Å². The van der Waals surface area contributed by atoms with Crippen molar-refractivity contribution in [3.05, 3.63) is 0 Å². The van der Waals surface area contributed by atoms with Crippen LogP contribution >= 0.6 is 0 Å². The number of amides is 1. The lowest BCUT2D eigenvalue weighted by atomic mass is 10.1. The molecule has 0 heterocycles. The van der Waals surface area contributed by atoms with Crippen molar-refractivity contribution in [2.45, 2.75) is 72.6 Å². The molecule has 0 bridgehead atoms. The first-order valence-electron chi connectivity index (χ1n) is 7.39. The third kappa shape index (κ3) is 9.20. The maximum Gasteiger partial charge on any atom is 0.222 e. The average Bonchev–Trinajstić information content (AvgIpc) is 2.29. The molecule has 0 aromatic heterocycles. The van der Waals surface area contributed by atoms with Gasteiger partial charge in [0.1, 0.15) is 0 Å². The van der Waals surface area contributed by atoms with E-state index in [2.05, 4.69) is 32.6 Å². The third-order valence-corrected chi connectivity index (χ3v) is 2.96. The molecular formula is C15H31NO. The lowest BCUT2D eigenvalue weighted by molar-refractivity contribution is -0.131. The van der Waals surface area contributed by atoms with Crippen LogP contribution in [-0.4, -0.2) is 23.9 Å². The first-order chi connectivity index (χ1) is 8.11. The van der Waals surface area contributed by atoms with E-state index in [1.54, 1.807) is 0 Å². The van der Waals surface area contributed by atoms with Crippen LogP contribution < -0.4 is 0 Å². The summed E-state index contributed by atoms with van der Waals surface area (Å²) in [6.45, 7) is 10.6. The van der Waals surface area contributed by atoms with Crippen molar-refractivity contribution in [3.63, 3.8) is 0 Å². The molecule has 1 amide bonds. The Labute approximate surface area is 108 Å². The van der Waals surface area contributed by atoms with Crippen LogP contribution in [0, 0.1) is 5.92 Å². The van der Waals surface area contributed by atoms with Crippen molar-refractivity contribution >= 4 is 5.91 Å². The molecule has 0 saturated carbocycles. The summed E-state index contributed by atoms with van der Waals surface area (Å²) in [4.78, 5) is 14.1. The maximum atomic E-state index is 12.0. The first kappa shape index (κ1) is 16.5. The normalized spacial score (nSPS) is 10.9. The highest BCUT2D eigenvalue weighted by Gasteiger charge is 2.13. The van der Waals surface area contributed by atoms with E-state index in [0.717, 1.165) is 32.4 Å². The third-order valence-electron chi connectivity index (χ3n) is 2.96. The maximum absolute atomic E-state index is 12.0. The molecule has 0 aliphatic heterocycles. The van der Waals surface area contributed by atoms with E-state index in [9.17, 15) is 4.79 Å². The largest absolute Gasteiger partial charge is 0.342 e. The Bertz CT molecular complexity index is 189. The van der Waals surface area contributed by atoms with E-state index in [-0.39, 0.29) is 0 Å². The topological polar surface area (TPSA) is 20.3 Å². The summed E-state index contributed by atoms with van der Waals surface area (Å²) >= 11 is 0. The van der Waals surface area contributed by atoms with Crippen LogP contribution in [0.3, 0.4) is 0 Å². The monoisotopic (exact) mass is 241 g/mol. The van der Waals surface area contributed by atoms with Crippen molar-refractivity contribution in [1.29, 1.82) is 0 Å². The molecule has 2 heteroatoms. The van der Waals surface area contributed by atoms with Gasteiger partial charge in [0, 0.05) is 19.5 Å². The Morgan fingerprint density at radius 3 is 2.18 bits per heavy atom. The number of unbranched alkanes of at least 4 members (excludes halogenated alkanes) is 4. The minimum Gasteiger partial charge on any atom is -0.342 e. The molecule has 0 spiro atoms. The Balaban J connectivity index is 3.98. The SMILES string of the molecule is CCCCCCN(CC(C)C)C(=O)CCCC. The van der Waals surface area contributed by atoms with Crippen LogP contribution in [0.15, 0.2) is 0 Å². The lowest BCUT2D eigenvalue weighted by Gasteiger charge is -2.24. The smallest absolute Gasteiger partial charge is 0.222 e. The van der Waals surface area contributed by atoms with Crippen LogP contribution in [0.4, 0.5) is 0 Å². The highest BCUT2D eigenvalue weighted by Crippen LogP contribution is 2.08. The van der Waals surface area contributed by atoms with Crippen molar-refractivity contribution in [1.82, 2.24) is 4.90 Å². The highest BCUT2D eigenvalue weighted by atomic mass is 16.2. The van der Waals surface area contributed by atoms with E-state index in [1.165, 1.54) is 25.7 Å². The second-order valence-electron chi connectivity index (χ2n) is 5.40. The quantitative estimate of drug-likeness (QED) is 0.524. The molecular weight excluding hydrogens is 210 g/mol. The van der Waals surface area contributed by atoms with Crippen LogP contribution in [0.1, 0.15) is 72.6 Å². The molecule has 0 radical (unpaired) electrons. The zero-order chi connectivity index (χ0) is 13.1. The molecule has 0 fully saturated rings. The number of hydrogen-bond acceptors (Lipinski definition) is 1. The predicted molar refractivity (Wildman–Crippen MR) is 75.1 cm³/mol. The molecule has 0 aliphatic carbocycles. The summed E-state index contributed by atoms with van der Waals surface area (Å²) < 4.78 is 0. The Kier molecular flexibility index (Phi) is 10.3. The van der Waals surface area contributed by atoms with Gasteiger partial charge in [0.15, 0.2) is 0 Å². The number of carbonyl (C=O) groups is 1. The minimum atomic E-state index is 0.358. The van der Waals surface area contributed by atoms with Gasteiger partial charge in [-0.05, 0) is 18.8 Å². The fourth-order valence-electron chi connectivity index (χ4n) is 1.97. The summed E-state index contributed by atoms with van der Waals surface area (Å²) in [6.07, 6.45) is 7.84. The molecule has 0 aliphatic rings. The minimum absolute atomic E-state index is 0.358. The molecule has 0 aromatic rings. The number of rotatable bonds is 10. The van der Waals surface area contributed by atoms with Crippen LogP contribution in [-0.2, 0) is 4.79 Å². The fraction of sp³-hybridized carbons (Fsp3) is 0.933. The first-order valence-corrected chi connectivity index (χ1v) is 7.39. The van der Waals surface area contributed by atoms with Gasteiger partial charge >= 0.3 is 0 Å². The Morgan fingerprint density at radius 1 is 1.00 bits per heavy atom. The highest BCUT2D eigenvalue weighted by molar-refractivity contribution is 5.76. The van der Waals surface area contributed by atoms with Crippen molar-refractivity contribution < 1.29 is 4.79 Å².